The summed E-state index contributed by atoms with van der Waals surface area (Å²) in [4.78, 5) is 0. The lowest BCUT2D eigenvalue weighted by Crippen LogP contribution is -2.68. The van der Waals surface area contributed by atoms with Crippen LogP contribution < -0.4 is 28.7 Å². The smallest absolute Gasteiger partial charge is 0.267 e. The highest BCUT2D eigenvalue weighted by Gasteiger charge is 2.55. The Morgan fingerprint density at radius 3 is 1.42 bits per heavy atom. The zero-order valence-electron chi connectivity index (χ0n) is 37.0. The predicted octanol–water partition coefficient (Wildman–Crippen LogP) is -3.43. The van der Waals surface area contributed by atoms with Crippen molar-refractivity contribution in [1.29, 1.82) is 0 Å². The van der Waals surface area contributed by atoms with Crippen LogP contribution in [-0.2, 0) is 57.0 Å². The average Bonchev–Trinajstić information content (AvgIpc) is 3.54. The van der Waals surface area contributed by atoms with Crippen molar-refractivity contribution in [2.24, 2.45) is 28.7 Å². The highest BCUT2D eigenvalue weighted by Crippen LogP contribution is 2.35. The maximum absolute atomic E-state index is 13.0. The van der Waals surface area contributed by atoms with E-state index in [2.05, 4.69) is 13.8 Å². The van der Waals surface area contributed by atoms with E-state index in [1.807, 2.05) is 0 Å². The molecular formula is C39H77N5O18S2. The van der Waals surface area contributed by atoms with E-state index in [1.165, 1.54) is 0 Å². The van der Waals surface area contributed by atoms with Gasteiger partial charge in [0, 0.05) is 18.6 Å². The summed E-state index contributed by atoms with van der Waals surface area (Å²) >= 11 is 0. The standard InChI is InChI=1S/C39H77N5O18S2/c1-3-5-7-9-11-13-15-63(51,52)55-19-24-30(47)32(49)27(44)38(58-24)60-34-22(42)17-21(41)28(45)36(34)62-39-33(50)35(61-37-26(43)31(48)29(46)23(18-40)57-37)25(59-39)20-56-64(53,54)16-14-12-10-8-6-4-2/h21-39,45-50H,3-20,40-44H2,1-2H3/t21-,22+,23?,24-,25-,26-,27-,28+,29-,30-,31-,32-,33-,34-,35-,36-,37-,38-,39+/m1/s1. The molecular weight excluding hydrogens is 891 g/mol. The molecule has 3 aliphatic heterocycles. The number of hydrogen-bond donors (Lipinski definition) is 11. The molecule has 3 saturated heterocycles. The lowest BCUT2D eigenvalue weighted by molar-refractivity contribution is -0.310. The van der Waals surface area contributed by atoms with Gasteiger partial charge in [-0.3, -0.25) is 8.37 Å². The monoisotopic (exact) mass is 967 g/mol. The minimum absolute atomic E-state index is 0.0395. The Balaban J connectivity index is 1.50. The first-order valence-corrected chi connectivity index (χ1v) is 25.9. The van der Waals surface area contributed by atoms with Gasteiger partial charge >= 0.3 is 0 Å². The molecule has 3 heterocycles. The van der Waals surface area contributed by atoms with Gasteiger partial charge in [0.05, 0.1) is 42.9 Å². The van der Waals surface area contributed by atoms with Crippen molar-refractivity contribution in [2.45, 2.75) is 214 Å². The Bertz CT molecular complexity index is 1580. The van der Waals surface area contributed by atoms with Crippen molar-refractivity contribution in [1.82, 2.24) is 0 Å². The van der Waals surface area contributed by atoms with Crippen molar-refractivity contribution < 1.29 is 84.3 Å². The Kier molecular flexibility index (Phi) is 22.8. The van der Waals surface area contributed by atoms with Gasteiger partial charge in [-0.25, -0.2) is 0 Å². The first kappa shape index (κ1) is 55.7. The number of hydrogen-bond acceptors (Lipinski definition) is 23. The van der Waals surface area contributed by atoms with E-state index in [1.54, 1.807) is 0 Å². The number of ether oxygens (including phenoxy) is 6. The van der Waals surface area contributed by atoms with E-state index in [0.29, 0.717) is 25.7 Å². The molecule has 0 bridgehead atoms. The summed E-state index contributed by atoms with van der Waals surface area (Å²) in [5, 5.41) is 65.9. The quantitative estimate of drug-likeness (QED) is 0.0282. The number of aliphatic hydroxyl groups excluding tert-OH is 6. The van der Waals surface area contributed by atoms with Crippen molar-refractivity contribution in [3.05, 3.63) is 0 Å². The molecule has 19 atom stereocenters. The Morgan fingerprint density at radius 2 is 0.906 bits per heavy atom. The normalized spacial score (nSPS) is 39.9. The first-order valence-electron chi connectivity index (χ1n) is 22.7. The van der Waals surface area contributed by atoms with Crippen molar-refractivity contribution >= 4 is 20.2 Å². The van der Waals surface area contributed by atoms with E-state index in [9.17, 15) is 47.5 Å². The van der Waals surface area contributed by atoms with Crippen LogP contribution in [0.3, 0.4) is 0 Å². The van der Waals surface area contributed by atoms with Crippen LogP contribution in [0.5, 0.6) is 0 Å². The summed E-state index contributed by atoms with van der Waals surface area (Å²) in [6.07, 6.45) is -13.2. The number of rotatable bonds is 27. The third kappa shape index (κ3) is 15.6. The molecule has 1 aliphatic carbocycles. The largest absolute Gasteiger partial charge is 0.389 e. The highest BCUT2D eigenvalue weighted by atomic mass is 32.2. The summed E-state index contributed by atoms with van der Waals surface area (Å²) in [6.45, 7) is 2.51. The van der Waals surface area contributed by atoms with E-state index < -0.39 is 150 Å². The van der Waals surface area contributed by atoms with Crippen LogP contribution in [0.25, 0.3) is 0 Å². The lowest BCUT2D eigenvalue weighted by atomic mass is 9.84. The molecule has 378 valence electrons. The summed E-state index contributed by atoms with van der Waals surface area (Å²) in [5.41, 5.74) is 30.8. The van der Waals surface area contributed by atoms with Crippen LogP contribution in [0.15, 0.2) is 0 Å². The van der Waals surface area contributed by atoms with Gasteiger partial charge in [0.2, 0.25) is 0 Å². The Hall–Kier alpha value is -0.860. The average molecular weight is 968 g/mol. The molecule has 1 unspecified atom stereocenters. The molecule has 0 spiro atoms. The van der Waals surface area contributed by atoms with Gasteiger partial charge in [0.1, 0.15) is 67.1 Å². The van der Waals surface area contributed by atoms with Gasteiger partial charge < -0.3 is 87.7 Å². The van der Waals surface area contributed by atoms with Crippen LogP contribution in [0, 0.1) is 0 Å². The molecule has 4 rings (SSSR count). The molecule has 0 radical (unpaired) electrons. The first-order chi connectivity index (χ1) is 30.2. The second kappa shape index (κ2) is 26.2. The maximum atomic E-state index is 13.0. The summed E-state index contributed by atoms with van der Waals surface area (Å²) in [6, 6.07) is -4.86. The van der Waals surface area contributed by atoms with Gasteiger partial charge in [-0.2, -0.15) is 16.8 Å². The Labute approximate surface area is 377 Å². The van der Waals surface area contributed by atoms with Crippen LogP contribution in [0.4, 0.5) is 0 Å². The lowest BCUT2D eigenvalue weighted by Gasteiger charge is -2.47. The fourth-order valence-electron chi connectivity index (χ4n) is 8.25. The topological polar surface area (TPSA) is 394 Å². The second-order valence-electron chi connectivity index (χ2n) is 17.5. The summed E-state index contributed by atoms with van der Waals surface area (Å²) in [7, 11) is -8.15. The second-order valence-corrected chi connectivity index (χ2v) is 21.0. The molecule has 0 aromatic rings. The molecule has 1 saturated carbocycles. The van der Waals surface area contributed by atoms with Crippen molar-refractivity contribution in [3.63, 3.8) is 0 Å². The fraction of sp³-hybridized carbons (Fsp3) is 1.00. The van der Waals surface area contributed by atoms with Crippen LogP contribution in [-0.4, -0.2) is 195 Å². The van der Waals surface area contributed by atoms with Crippen LogP contribution in [0.1, 0.15) is 97.3 Å². The zero-order valence-corrected chi connectivity index (χ0v) is 38.6. The maximum Gasteiger partial charge on any atom is 0.267 e. The minimum atomic E-state index is -4.11. The van der Waals surface area contributed by atoms with Crippen molar-refractivity contribution in [3.8, 4) is 0 Å². The predicted molar refractivity (Wildman–Crippen MR) is 228 cm³/mol. The Morgan fingerprint density at radius 1 is 0.484 bits per heavy atom. The van der Waals surface area contributed by atoms with Gasteiger partial charge in [-0.05, 0) is 19.3 Å². The zero-order chi connectivity index (χ0) is 47.4. The SMILES string of the molecule is CCCCCCCCS(=O)(=O)OC[C@H]1O[C@H](O[C@H]2[C@H](O[C@@H]3O[C@H](COS(=O)(=O)CCCCCCCC)[C@@H](O[C@H]4OC(CN)[C@@H](O)[C@H](O)[C@H]4N)[C@H]3O)[C@@H](O)[C@H](N)C[C@@H]2N)[C@H](N)[C@@H](O)[C@@H]1O. The fourth-order valence-corrected chi connectivity index (χ4v) is 10.3. The van der Waals surface area contributed by atoms with Gasteiger partial charge in [-0.15, -0.1) is 0 Å². The van der Waals surface area contributed by atoms with Crippen LogP contribution in [0.2, 0.25) is 0 Å². The van der Waals surface area contributed by atoms with E-state index in [4.69, 9.17) is 65.5 Å². The van der Waals surface area contributed by atoms with E-state index in [0.717, 1.165) is 51.4 Å². The molecule has 23 nitrogen and oxygen atoms in total. The molecule has 0 amide bonds. The molecule has 16 N–H and O–H groups in total. The van der Waals surface area contributed by atoms with E-state index >= 15 is 0 Å². The molecule has 4 fully saturated rings. The third-order valence-electron chi connectivity index (χ3n) is 12.3. The van der Waals surface area contributed by atoms with Crippen molar-refractivity contribution in [2.75, 3.05) is 31.3 Å². The number of nitrogens with two attached hydrogens (primary N) is 5. The molecule has 4 aliphatic rings. The van der Waals surface area contributed by atoms with E-state index in [-0.39, 0.29) is 24.5 Å². The van der Waals surface area contributed by atoms with Gasteiger partial charge in [-0.1, -0.05) is 78.1 Å². The molecule has 0 aromatic heterocycles. The summed E-state index contributed by atoms with van der Waals surface area (Å²) < 4.78 is 97.8. The molecule has 25 heteroatoms. The molecule has 0 aromatic carbocycles. The van der Waals surface area contributed by atoms with Gasteiger partial charge in [0.25, 0.3) is 20.2 Å². The van der Waals surface area contributed by atoms with Crippen LogP contribution >= 0.6 is 0 Å². The minimum Gasteiger partial charge on any atom is -0.389 e. The number of unbranched alkanes of at least 4 members (excludes halogenated alkanes) is 10. The third-order valence-corrected chi connectivity index (χ3v) is 14.8. The summed E-state index contributed by atoms with van der Waals surface area (Å²) in [5.74, 6) is -0.554. The number of aliphatic hydroxyl groups is 6. The van der Waals surface area contributed by atoms with Gasteiger partial charge in [0.15, 0.2) is 18.9 Å². The highest BCUT2D eigenvalue weighted by molar-refractivity contribution is 7.86. The molecule has 64 heavy (non-hydrogen) atoms.